The molecule has 1 unspecified atom stereocenters. The Morgan fingerprint density at radius 2 is 2.23 bits per heavy atom. The summed E-state index contributed by atoms with van der Waals surface area (Å²) in [6.07, 6.45) is 7.67. The van der Waals surface area contributed by atoms with Gasteiger partial charge in [-0.3, -0.25) is 0 Å². The lowest BCUT2D eigenvalue weighted by atomic mass is 9.96. The van der Waals surface area contributed by atoms with Crippen LogP contribution in [0.15, 0.2) is 63.6 Å². The Morgan fingerprint density at radius 1 is 1.32 bits per heavy atom. The van der Waals surface area contributed by atoms with E-state index in [4.69, 9.17) is 14.4 Å². The number of hydrogen-bond acceptors (Lipinski definition) is 4. The van der Waals surface area contributed by atoms with Crippen LogP contribution < -0.4 is 4.74 Å². The molecule has 0 radical (unpaired) electrons. The summed E-state index contributed by atoms with van der Waals surface area (Å²) in [5.41, 5.74) is 3.11. The van der Waals surface area contributed by atoms with Gasteiger partial charge in [-0.2, -0.15) is 5.26 Å². The Bertz CT molecular complexity index is 936. The lowest BCUT2D eigenvalue weighted by Crippen LogP contribution is -2.07. The number of fused-ring (bicyclic) bond motifs is 2. The first-order valence-electron chi connectivity index (χ1n) is 6.95. The van der Waals surface area contributed by atoms with Crippen LogP contribution in [0.5, 0.6) is 5.75 Å². The Hall–Kier alpha value is -3.06. The summed E-state index contributed by atoms with van der Waals surface area (Å²) >= 11 is 0. The maximum absolute atomic E-state index is 8.97. The fourth-order valence-electron chi connectivity index (χ4n) is 2.69. The third-order valence-electron chi connectivity index (χ3n) is 3.82. The second-order valence-electron chi connectivity index (χ2n) is 5.20. The molecular weight excluding hydrogens is 276 g/mol. The normalized spacial score (nSPS) is 19.3. The molecule has 0 spiro atoms. The van der Waals surface area contributed by atoms with Crippen molar-refractivity contribution in [2.24, 2.45) is 10.9 Å². The molecule has 4 rings (SSSR count). The molecule has 0 bridgehead atoms. The zero-order valence-corrected chi connectivity index (χ0v) is 11.9. The summed E-state index contributed by atoms with van der Waals surface area (Å²) in [6.45, 7) is 0. The maximum atomic E-state index is 8.97. The van der Waals surface area contributed by atoms with Crippen molar-refractivity contribution in [3.05, 3.63) is 59.9 Å². The number of aliphatic imine (C=N–C) groups is 1. The first kappa shape index (κ1) is 12.7. The molecule has 0 saturated heterocycles. The second kappa shape index (κ2) is 4.74. The summed E-state index contributed by atoms with van der Waals surface area (Å²) in [7, 11) is 1.64. The Balaban J connectivity index is 1.75. The van der Waals surface area contributed by atoms with Crippen molar-refractivity contribution in [1.82, 2.24) is 0 Å². The summed E-state index contributed by atoms with van der Waals surface area (Å²) < 4.78 is 11.1. The van der Waals surface area contributed by atoms with E-state index in [9.17, 15) is 0 Å². The number of rotatable bonds is 2. The van der Waals surface area contributed by atoms with Crippen molar-refractivity contribution >= 4 is 22.4 Å². The van der Waals surface area contributed by atoms with E-state index < -0.39 is 0 Å². The van der Waals surface area contributed by atoms with Crippen LogP contribution >= 0.6 is 0 Å². The highest BCUT2D eigenvalue weighted by molar-refractivity contribution is 6.08. The first-order valence-corrected chi connectivity index (χ1v) is 6.95. The number of hydrogen-bond donors (Lipinski definition) is 0. The minimum absolute atomic E-state index is 0.120. The van der Waals surface area contributed by atoms with E-state index >= 15 is 0 Å². The molecule has 22 heavy (non-hydrogen) atoms. The molecule has 2 aromatic rings. The number of allylic oxidation sites excluding steroid dienone is 5. The van der Waals surface area contributed by atoms with Crippen molar-refractivity contribution in [3.63, 3.8) is 0 Å². The Kier molecular flexibility index (Phi) is 2.73. The van der Waals surface area contributed by atoms with Gasteiger partial charge in [0.15, 0.2) is 5.76 Å². The van der Waals surface area contributed by atoms with E-state index in [1.165, 1.54) is 0 Å². The Labute approximate surface area is 127 Å². The molecule has 1 aliphatic heterocycles. The summed E-state index contributed by atoms with van der Waals surface area (Å²) in [5.74, 6) is 1.64. The van der Waals surface area contributed by atoms with Gasteiger partial charge in [-0.1, -0.05) is 6.08 Å². The van der Waals surface area contributed by atoms with Crippen LogP contribution in [-0.2, 0) is 0 Å². The van der Waals surface area contributed by atoms with Crippen LogP contribution in [-0.4, -0.2) is 12.8 Å². The third kappa shape index (κ3) is 1.95. The largest absolute Gasteiger partial charge is 0.497 e. The van der Waals surface area contributed by atoms with Gasteiger partial charge in [0.2, 0.25) is 0 Å². The molecule has 0 amide bonds. The van der Waals surface area contributed by atoms with Gasteiger partial charge in [-0.05, 0) is 42.5 Å². The van der Waals surface area contributed by atoms with Crippen LogP contribution in [0, 0.1) is 17.2 Å². The lowest BCUT2D eigenvalue weighted by molar-refractivity contribution is 0.415. The number of nitrogens with zero attached hydrogens (tertiary/aromatic N) is 2. The average Bonchev–Trinajstić information content (AvgIpc) is 3.16. The number of ether oxygens (including phenoxy) is 1. The lowest BCUT2D eigenvalue weighted by Gasteiger charge is -2.06. The Morgan fingerprint density at radius 3 is 3.05 bits per heavy atom. The van der Waals surface area contributed by atoms with Crippen molar-refractivity contribution in [3.8, 4) is 11.8 Å². The molecule has 2 heterocycles. The quantitative estimate of drug-likeness (QED) is 0.842. The van der Waals surface area contributed by atoms with Crippen molar-refractivity contribution in [2.75, 3.05) is 7.11 Å². The van der Waals surface area contributed by atoms with Crippen LogP contribution in [0.3, 0.4) is 0 Å². The average molecular weight is 288 g/mol. The van der Waals surface area contributed by atoms with Crippen LogP contribution in [0.4, 0.5) is 0 Å². The van der Waals surface area contributed by atoms with E-state index in [1.54, 1.807) is 7.11 Å². The highest BCUT2D eigenvalue weighted by Gasteiger charge is 2.23. The van der Waals surface area contributed by atoms with Gasteiger partial charge in [-0.25, -0.2) is 4.99 Å². The number of furan rings is 1. The molecular formula is C18H12N2O2. The summed E-state index contributed by atoms with van der Waals surface area (Å²) in [4.78, 5) is 4.59. The van der Waals surface area contributed by atoms with Gasteiger partial charge in [0.1, 0.15) is 17.0 Å². The molecule has 0 fully saturated rings. The third-order valence-corrected chi connectivity index (χ3v) is 3.82. The van der Waals surface area contributed by atoms with E-state index in [0.29, 0.717) is 5.57 Å². The van der Waals surface area contributed by atoms with Crippen molar-refractivity contribution in [2.45, 2.75) is 0 Å². The maximum Gasteiger partial charge on any atom is 0.153 e. The molecule has 0 saturated carbocycles. The van der Waals surface area contributed by atoms with E-state index in [2.05, 4.69) is 11.1 Å². The van der Waals surface area contributed by atoms with Gasteiger partial charge >= 0.3 is 0 Å². The van der Waals surface area contributed by atoms with Gasteiger partial charge in [0.05, 0.1) is 24.5 Å². The molecule has 2 aliphatic rings. The fourth-order valence-corrected chi connectivity index (χ4v) is 2.69. The highest BCUT2D eigenvalue weighted by Crippen LogP contribution is 2.33. The van der Waals surface area contributed by atoms with Gasteiger partial charge < -0.3 is 9.15 Å². The van der Waals surface area contributed by atoms with E-state index in [1.807, 2.05) is 48.6 Å². The van der Waals surface area contributed by atoms with Gasteiger partial charge in [-0.15, -0.1) is 0 Å². The zero-order valence-electron chi connectivity index (χ0n) is 11.9. The van der Waals surface area contributed by atoms with E-state index in [0.717, 1.165) is 33.9 Å². The number of methoxy groups -OCH3 is 1. The number of benzene rings is 1. The SMILES string of the molecule is COc1ccc2oc(C3=CC4C=CC(C#N)=CC4=N3)cc2c1. The minimum Gasteiger partial charge on any atom is -0.497 e. The molecule has 1 aromatic carbocycles. The van der Waals surface area contributed by atoms with Gasteiger partial charge in [0, 0.05) is 11.3 Å². The second-order valence-corrected chi connectivity index (χ2v) is 5.20. The van der Waals surface area contributed by atoms with E-state index in [-0.39, 0.29) is 5.92 Å². The zero-order chi connectivity index (χ0) is 15.1. The first-order chi connectivity index (χ1) is 10.8. The molecule has 4 nitrogen and oxygen atoms in total. The standard InChI is InChI=1S/C18H12N2O2/c1-21-14-4-5-17-13(7-14)9-18(22-17)16-8-12-3-2-11(10-19)6-15(12)20-16/h2-9,12H,1H3. The smallest absolute Gasteiger partial charge is 0.153 e. The molecule has 4 heteroatoms. The van der Waals surface area contributed by atoms with Gasteiger partial charge in [0.25, 0.3) is 0 Å². The van der Waals surface area contributed by atoms with Crippen LogP contribution in [0.25, 0.3) is 16.7 Å². The summed E-state index contributed by atoms with van der Waals surface area (Å²) in [6, 6.07) is 9.80. The topological polar surface area (TPSA) is 58.5 Å². The predicted molar refractivity (Wildman–Crippen MR) is 84.5 cm³/mol. The molecule has 106 valence electrons. The predicted octanol–water partition coefficient (Wildman–Crippen LogP) is 3.87. The number of nitriles is 1. The summed E-state index contributed by atoms with van der Waals surface area (Å²) in [5, 5.41) is 9.95. The molecule has 1 aliphatic carbocycles. The molecule has 1 atom stereocenters. The molecule has 0 N–H and O–H groups in total. The van der Waals surface area contributed by atoms with Crippen LogP contribution in [0.2, 0.25) is 0 Å². The van der Waals surface area contributed by atoms with Crippen LogP contribution in [0.1, 0.15) is 5.76 Å². The van der Waals surface area contributed by atoms with Crippen molar-refractivity contribution in [1.29, 1.82) is 5.26 Å². The monoisotopic (exact) mass is 288 g/mol. The van der Waals surface area contributed by atoms with Crippen molar-refractivity contribution < 1.29 is 9.15 Å². The fraction of sp³-hybridized carbons (Fsp3) is 0.111. The highest BCUT2D eigenvalue weighted by atomic mass is 16.5. The molecule has 1 aromatic heterocycles. The minimum atomic E-state index is 0.120.